The van der Waals surface area contributed by atoms with Crippen molar-refractivity contribution in [3.63, 3.8) is 0 Å². The van der Waals surface area contributed by atoms with Crippen LogP contribution in [0.5, 0.6) is 0 Å². The van der Waals surface area contributed by atoms with Crippen molar-refractivity contribution in [3.8, 4) is 0 Å². The number of tetrazole rings is 1. The summed E-state index contributed by atoms with van der Waals surface area (Å²) in [5, 5.41) is 12.1. The molecule has 0 atom stereocenters. The molecule has 17 heavy (non-hydrogen) atoms. The summed E-state index contributed by atoms with van der Waals surface area (Å²) < 4.78 is 1.09. The van der Waals surface area contributed by atoms with Crippen molar-refractivity contribution in [2.24, 2.45) is 5.73 Å². The molecule has 1 heterocycles. The molecule has 0 saturated carbocycles. The smallest absolute Gasteiger partial charge is 0.175 e. The van der Waals surface area contributed by atoms with Crippen molar-refractivity contribution >= 4 is 15.9 Å². The lowest BCUT2D eigenvalue weighted by molar-refractivity contribution is 0.528. The Morgan fingerprint density at radius 3 is 2.65 bits per heavy atom. The van der Waals surface area contributed by atoms with Crippen LogP contribution < -0.4 is 5.73 Å². The molecular weight excluding hydrogens is 282 g/mol. The van der Waals surface area contributed by atoms with Crippen LogP contribution in [0.25, 0.3) is 0 Å². The predicted molar refractivity (Wildman–Crippen MR) is 68.4 cm³/mol. The lowest BCUT2D eigenvalue weighted by atomic mass is 10.1. The Balaban J connectivity index is 1.90. The molecule has 2 N–H and O–H groups in total. The summed E-state index contributed by atoms with van der Waals surface area (Å²) in [5.41, 5.74) is 6.68. The number of halogens is 1. The summed E-state index contributed by atoms with van der Waals surface area (Å²) in [6.07, 6.45) is 1.72. The van der Waals surface area contributed by atoms with Gasteiger partial charge in [0.25, 0.3) is 0 Å². The minimum absolute atomic E-state index is 0.530. The molecule has 0 radical (unpaired) electrons. The molecule has 90 valence electrons. The Hall–Kier alpha value is -1.27. The van der Waals surface area contributed by atoms with Gasteiger partial charge in [-0.25, -0.2) is 0 Å². The van der Waals surface area contributed by atoms with E-state index < -0.39 is 0 Å². The van der Waals surface area contributed by atoms with Gasteiger partial charge in [-0.1, -0.05) is 28.1 Å². The summed E-state index contributed by atoms with van der Waals surface area (Å²) in [7, 11) is 0. The molecule has 0 unspecified atom stereocenters. The molecule has 1 aromatic heterocycles. The van der Waals surface area contributed by atoms with Crippen LogP contribution in [-0.2, 0) is 19.4 Å². The fourth-order valence-electron chi connectivity index (χ4n) is 1.49. The van der Waals surface area contributed by atoms with Crippen LogP contribution in [0.4, 0.5) is 0 Å². The van der Waals surface area contributed by atoms with Gasteiger partial charge in [0.1, 0.15) is 0 Å². The van der Waals surface area contributed by atoms with E-state index in [1.807, 2.05) is 12.1 Å². The molecule has 0 saturated heterocycles. The summed E-state index contributed by atoms with van der Waals surface area (Å²) in [6.45, 7) is 1.15. The minimum Gasteiger partial charge on any atom is -0.329 e. The Bertz CT molecular complexity index is 465. The van der Waals surface area contributed by atoms with Crippen LogP contribution in [0, 0.1) is 0 Å². The molecule has 0 spiro atoms. The van der Waals surface area contributed by atoms with Crippen molar-refractivity contribution in [1.29, 1.82) is 0 Å². The third kappa shape index (κ3) is 3.61. The van der Waals surface area contributed by atoms with Crippen molar-refractivity contribution < 1.29 is 0 Å². The number of nitrogens with two attached hydrogens (primary N) is 1. The van der Waals surface area contributed by atoms with Gasteiger partial charge in [-0.15, -0.1) is 10.2 Å². The zero-order valence-electron chi connectivity index (χ0n) is 9.38. The second-order valence-corrected chi connectivity index (χ2v) is 4.63. The van der Waals surface area contributed by atoms with E-state index >= 15 is 0 Å². The molecule has 0 fully saturated rings. The van der Waals surface area contributed by atoms with Crippen LogP contribution in [0.15, 0.2) is 28.7 Å². The highest BCUT2D eigenvalue weighted by Crippen LogP contribution is 2.11. The third-order valence-electron chi connectivity index (χ3n) is 2.37. The summed E-state index contributed by atoms with van der Waals surface area (Å²) in [5.74, 6) is 0.765. The molecule has 0 aliphatic carbocycles. The van der Waals surface area contributed by atoms with Gasteiger partial charge >= 0.3 is 0 Å². The molecule has 0 bridgehead atoms. The lowest BCUT2D eigenvalue weighted by Gasteiger charge is -1.98. The van der Waals surface area contributed by atoms with Gasteiger partial charge < -0.3 is 5.73 Å². The van der Waals surface area contributed by atoms with Crippen LogP contribution in [-0.4, -0.2) is 26.8 Å². The SMILES string of the molecule is NCCn1nnc(CCc2ccc(Br)cc2)n1. The van der Waals surface area contributed by atoms with Crippen LogP contribution >= 0.6 is 15.9 Å². The van der Waals surface area contributed by atoms with E-state index in [1.54, 1.807) is 0 Å². The van der Waals surface area contributed by atoms with Crippen molar-refractivity contribution in [2.45, 2.75) is 19.4 Å². The molecule has 0 aliphatic rings. The van der Waals surface area contributed by atoms with Gasteiger partial charge in [0.05, 0.1) is 6.54 Å². The number of aromatic nitrogens is 4. The first-order valence-corrected chi connectivity index (χ1v) is 6.28. The van der Waals surface area contributed by atoms with Crippen molar-refractivity contribution in [3.05, 3.63) is 40.1 Å². The van der Waals surface area contributed by atoms with Crippen LogP contribution in [0.1, 0.15) is 11.4 Å². The Morgan fingerprint density at radius 1 is 1.18 bits per heavy atom. The van der Waals surface area contributed by atoms with E-state index in [1.165, 1.54) is 10.4 Å². The highest BCUT2D eigenvalue weighted by Gasteiger charge is 2.02. The summed E-state index contributed by atoms with van der Waals surface area (Å²) >= 11 is 3.41. The molecule has 6 heteroatoms. The largest absolute Gasteiger partial charge is 0.329 e. The van der Waals surface area contributed by atoms with Crippen LogP contribution in [0.2, 0.25) is 0 Å². The lowest BCUT2D eigenvalue weighted by Crippen LogP contribution is -2.12. The van der Waals surface area contributed by atoms with Gasteiger partial charge in [0, 0.05) is 17.4 Å². The van der Waals surface area contributed by atoms with Crippen molar-refractivity contribution in [2.75, 3.05) is 6.54 Å². The van der Waals surface area contributed by atoms with Crippen LogP contribution in [0.3, 0.4) is 0 Å². The van der Waals surface area contributed by atoms with E-state index in [0.29, 0.717) is 13.1 Å². The van der Waals surface area contributed by atoms with Crippen molar-refractivity contribution in [1.82, 2.24) is 20.2 Å². The van der Waals surface area contributed by atoms with E-state index in [0.717, 1.165) is 23.1 Å². The molecule has 0 aliphatic heterocycles. The standard InChI is InChI=1S/C11H14BrN5/c12-10-4-1-9(2-5-10)3-6-11-14-16-17(15-11)8-7-13/h1-2,4-5H,3,6-8,13H2. The maximum absolute atomic E-state index is 5.42. The normalized spacial score (nSPS) is 10.7. The highest BCUT2D eigenvalue weighted by atomic mass is 79.9. The maximum atomic E-state index is 5.42. The average molecular weight is 296 g/mol. The van der Waals surface area contributed by atoms with Gasteiger partial charge in [-0.05, 0) is 29.3 Å². The molecule has 1 aromatic carbocycles. The van der Waals surface area contributed by atoms with E-state index in [2.05, 4.69) is 43.5 Å². The Kier molecular flexibility index (Phi) is 4.22. The first-order valence-electron chi connectivity index (χ1n) is 5.49. The summed E-state index contributed by atoms with van der Waals surface area (Å²) in [4.78, 5) is 1.54. The monoisotopic (exact) mass is 295 g/mol. The number of hydrogen-bond acceptors (Lipinski definition) is 4. The minimum atomic E-state index is 0.530. The number of aryl methyl sites for hydroxylation is 2. The first-order chi connectivity index (χ1) is 8.28. The summed E-state index contributed by atoms with van der Waals surface area (Å²) in [6, 6.07) is 8.25. The van der Waals surface area contributed by atoms with Gasteiger partial charge in [0.2, 0.25) is 0 Å². The second kappa shape index (κ2) is 5.88. The predicted octanol–water partition coefficient (Wildman–Crippen LogP) is 1.18. The molecular formula is C11H14BrN5. The van der Waals surface area contributed by atoms with E-state index in [-0.39, 0.29) is 0 Å². The quantitative estimate of drug-likeness (QED) is 0.899. The second-order valence-electron chi connectivity index (χ2n) is 3.72. The fourth-order valence-corrected chi connectivity index (χ4v) is 1.76. The van der Waals surface area contributed by atoms with E-state index in [4.69, 9.17) is 5.73 Å². The molecule has 2 rings (SSSR count). The molecule has 2 aromatic rings. The zero-order chi connectivity index (χ0) is 12.1. The fraction of sp³-hybridized carbons (Fsp3) is 0.364. The molecule has 5 nitrogen and oxygen atoms in total. The van der Waals surface area contributed by atoms with Gasteiger partial charge in [-0.3, -0.25) is 0 Å². The number of hydrogen-bond donors (Lipinski definition) is 1. The number of rotatable bonds is 5. The Morgan fingerprint density at radius 2 is 1.94 bits per heavy atom. The zero-order valence-corrected chi connectivity index (χ0v) is 11.0. The average Bonchev–Trinajstić information content (AvgIpc) is 2.77. The third-order valence-corrected chi connectivity index (χ3v) is 2.90. The van der Waals surface area contributed by atoms with Gasteiger partial charge in [0.15, 0.2) is 5.82 Å². The topological polar surface area (TPSA) is 69.6 Å². The first kappa shape index (κ1) is 12.2. The van der Waals surface area contributed by atoms with Gasteiger partial charge in [-0.2, -0.15) is 4.80 Å². The highest BCUT2D eigenvalue weighted by molar-refractivity contribution is 9.10. The maximum Gasteiger partial charge on any atom is 0.175 e. The number of benzene rings is 1. The Labute approximate surface area is 108 Å². The number of nitrogens with zero attached hydrogens (tertiary/aromatic N) is 4. The molecule has 0 amide bonds. The van der Waals surface area contributed by atoms with E-state index in [9.17, 15) is 0 Å².